The summed E-state index contributed by atoms with van der Waals surface area (Å²) in [4.78, 5) is 4.18. The molecule has 0 saturated carbocycles. The lowest BCUT2D eigenvalue weighted by atomic mass is 10.1. The number of rotatable bonds is 4. The van der Waals surface area contributed by atoms with E-state index in [9.17, 15) is 0 Å². The molecule has 0 aliphatic heterocycles. The Morgan fingerprint density at radius 3 is 2.50 bits per heavy atom. The molecule has 0 aliphatic carbocycles. The quantitative estimate of drug-likeness (QED) is 0.552. The molecule has 0 atom stereocenters. The Balaban J connectivity index is 1.63. The van der Waals surface area contributed by atoms with Crippen molar-refractivity contribution in [3.05, 3.63) is 84.3 Å². The van der Waals surface area contributed by atoms with Gasteiger partial charge in [0.1, 0.15) is 11.5 Å². The van der Waals surface area contributed by atoms with Crippen molar-refractivity contribution in [2.45, 2.75) is 6.92 Å². The molecule has 2 N–H and O–H groups in total. The van der Waals surface area contributed by atoms with E-state index in [1.807, 2.05) is 66.7 Å². The number of furan rings is 1. The summed E-state index contributed by atoms with van der Waals surface area (Å²) in [5.41, 5.74) is 10.0. The van der Waals surface area contributed by atoms with Gasteiger partial charge in [-0.25, -0.2) is 4.98 Å². The standard InChI is InChI=1S/C21H18N4O/c1-15-7-9-16(10-8-15)19-14-23-21(22)25(19)24-13-18-11-12-20(26-18)17-5-3-2-4-6-17/h2-14H,1H3,(H2,22,23). The first kappa shape index (κ1) is 15.9. The second-order valence-electron chi connectivity index (χ2n) is 5.99. The SMILES string of the molecule is Cc1ccc(-c2cnc(N)n2N=Cc2ccc(-c3ccccc3)o2)cc1. The van der Waals surface area contributed by atoms with Crippen LogP contribution in [0.1, 0.15) is 11.3 Å². The van der Waals surface area contributed by atoms with Gasteiger partial charge >= 0.3 is 0 Å². The number of aromatic nitrogens is 2. The minimum absolute atomic E-state index is 0.326. The van der Waals surface area contributed by atoms with Crippen LogP contribution in [0.15, 0.2) is 82.4 Å². The molecule has 5 nitrogen and oxygen atoms in total. The third-order valence-corrected chi connectivity index (χ3v) is 4.10. The molecule has 128 valence electrons. The molecule has 0 saturated heterocycles. The van der Waals surface area contributed by atoms with E-state index in [1.165, 1.54) is 5.56 Å². The molecule has 2 aromatic heterocycles. The number of nitrogen functional groups attached to an aromatic ring is 1. The Hall–Kier alpha value is -3.60. The van der Waals surface area contributed by atoms with E-state index >= 15 is 0 Å². The van der Waals surface area contributed by atoms with Crippen molar-refractivity contribution in [2.75, 3.05) is 5.73 Å². The van der Waals surface area contributed by atoms with Crippen molar-refractivity contribution >= 4 is 12.2 Å². The lowest BCUT2D eigenvalue weighted by Gasteiger charge is -2.04. The van der Waals surface area contributed by atoms with Gasteiger partial charge in [-0.2, -0.15) is 9.78 Å². The number of nitrogens with two attached hydrogens (primary N) is 1. The van der Waals surface area contributed by atoms with Crippen LogP contribution in [0.2, 0.25) is 0 Å². The summed E-state index contributed by atoms with van der Waals surface area (Å²) in [5.74, 6) is 1.77. The number of imidazole rings is 1. The molecule has 2 heterocycles. The molecule has 0 spiro atoms. The Kier molecular flexibility index (Phi) is 4.11. The molecule has 0 unspecified atom stereocenters. The van der Waals surface area contributed by atoms with Crippen molar-refractivity contribution in [1.29, 1.82) is 0 Å². The largest absolute Gasteiger partial charge is 0.455 e. The molecule has 0 bridgehead atoms. The van der Waals surface area contributed by atoms with E-state index in [-0.39, 0.29) is 0 Å². The maximum absolute atomic E-state index is 5.98. The number of hydrogen-bond donors (Lipinski definition) is 1. The van der Waals surface area contributed by atoms with E-state index in [0.717, 1.165) is 22.6 Å². The monoisotopic (exact) mass is 342 g/mol. The van der Waals surface area contributed by atoms with Crippen LogP contribution < -0.4 is 5.73 Å². The summed E-state index contributed by atoms with van der Waals surface area (Å²) in [5, 5.41) is 4.45. The van der Waals surface area contributed by atoms with E-state index in [1.54, 1.807) is 17.1 Å². The highest BCUT2D eigenvalue weighted by atomic mass is 16.3. The summed E-state index contributed by atoms with van der Waals surface area (Å²) in [7, 11) is 0. The first-order valence-corrected chi connectivity index (χ1v) is 8.30. The van der Waals surface area contributed by atoms with Gasteiger partial charge in [0.15, 0.2) is 0 Å². The topological polar surface area (TPSA) is 69.3 Å². The van der Waals surface area contributed by atoms with Crippen LogP contribution in [0.4, 0.5) is 5.95 Å². The number of hydrogen-bond acceptors (Lipinski definition) is 4. The van der Waals surface area contributed by atoms with E-state index in [2.05, 4.69) is 17.0 Å². The van der Waals surface area contributed by atoms with E-state index < -0.39 is 0 Å². The van der Waals surface area contributed by atoms with Gasteiger partial charge in [0.25, 0.3) is 0 Å². The number of benzene rings is 2. The van der Waals surface area contributed by atoms with Crippen molar-refractivity contribution < 1.29 is 4.42 Å². The second kappa shape index (κ2) is 6.72. The van der Waals surface area contributed by atoms with Crippen molar-refractivity contribution in [3.8, 4) is 22.6 Å². The zero-order valence-electron chi connectivity index (χ0n) is 14.3. The van der Waals surface area contributed by atoms with Gasteiger partial charge in [-0.3, -0.25) is 0 Å². The third kappa shape index (κ3) is 3.15. The van der Waals surface area contributed by atoms with Crippen LogP contribution in [0, 0.1) is 6.92 Å². The van der Waals surface area contributed by atoms with Crippen LogP contribution in [-0.4, -0.2) is 15.9 Å². The lowest BCUT2D eigenvalue weighted by Crippen LogP contribution is -1.99. The Morgan fingerprint density at radius 2 is 1.73 bits per heavy atom. The minimum Gasteiger partial charge on any atom is -0.455 e. The van der Waals surface area contributed by atoms with Gasteiger partial charge in [0.05, 0.1) is 18.1 Å². The maximum Gasteiger partial charge on any atom is 0.221 e. The van der Waals surface area contributed by atoms with Crippen LogP contribution >= 0.6 is 0 Å². The van der Waals surface area contributed by atoms with Crippen LogP contribution in [0.25, 0.3) is 22.6 Å². The van der Waals surface area contributed by atoms with Gasteiger partial charge < -0.3 is 10.2 Å². The normalized spacial score (nSPS) is 11.3. The predicted octanol–water partition coefficient (Wildman–Crippen LogP) is 4.58. The van der Waals surface area contributed by atoms with Crippen LogP contribution in [0.5, 0.6) is 0 Å². The number of aryl methyl sites for hydroxylation is 1. The minimum atomic E-state index is 0.326. The van der Waals surface area contributed by atoms with Gasteiger partial charge in [0, 0.05) is 11.1 Å². The highest BCUT2D eigenvalue weighted by molar-refractivity contribution is 5.78. The number of anilines is 1. The Labute approximate surface area is 151 Å². The molecule has 4 aromatic rings. The van der Waals surface area contributed by atoms with Gasteiger partial charge in [-0.15, -0.1) is 0 Å². The molecule has 4 rings (SSSR count). The summed E-state index contributed by atoms with van der Waals surface area (Å²) < 4.78 is 7.45. The van der Waals surface area contributed by atoms with E-state index in [4.69, 9.17) is 10.2 Å². The molecule has 2 aromatic carbocycles. The smallest absolute Gasteiger partial charge is 0.221 e. The molecular formula is C21H18N4O. The first-order valence-electron chi connectivity index (χ1n) is 8.30. The Morgan fingerprint density at radius 1 is 0.962 bits per heavy atom. The lowest BCUT2D eigenvalue weighted by molar-refractivity contribution is 0.574. The zero-order chi connectivity index (χ0) is 17.9. The maximum atomic E-state index is 5.98. The Bertz CT molecular complexity index is 1040. The van der Waals surface area contributed by atoms with Crippen molar-refractivity contribution in [1.82, 2.24) is 9.66 Å². The molecule has 0 aliphatic rings. The molecular weight excluding hydrogens is 324 g/mol. The fraction of sp³-hybridized carbons (Fsp3) is 0.0476. The fourth-order valence-electron chi connectivity index (χ4n) is 2.70. The molecule has 26 heavy (non-hydrogen) atoms. The summed E-state index contributed by atoms with van der Waals surface area (Å²) in [6.45, 7) is 2.05. The van der Waals surface area contributed by atoms with Crippen LogP contribution in [-0.2, 0) is 0 Å². The predicted molar refractivity (Wildman–Crippen MR) is 104 cm³/mol. The third-order valence-electron chi connectivity index (χ3n) is 4.10. The summed E-state index contributed by atoms with van der Waals surface area (Å²) >= 11 is 0. The van der Waals surface area contributed by atoms with Crippen molar-refractivity contribution in [2.24, 2.45) is 5.10 Å². The average Bonchev–Trinajstić information content (AvgIpc) is 3.28. The molecule has 0 fully saturated rings. The number of nitrogens with zero attached hydrogens (tertiary/aromatic N) is 3. The first-order chi connectivity index (χ1) is 12.7. The van der Waals surface area contributed by atoms with Gasteiger partial charge in [0.2, 0.25) is 5.95 Å². The van der Waals surface area contributed by atoms with Crippen LogP contribution in [0.3, 0.4) is 0 Å². The highest BCUT2D eigenvalue weighted by Gasteiger charge is 2.09. The zero-order valence-corrected chi connectivity index (χ0v) is 14.3. The second-order valence-corrected chi connectivity index (χ2v) is 5.99. The van der Waals surface area contributed by atoms with Gasteiger partial charge in [-0.1, -0.05) is 60.2 Å². The molecule has 5 heteroatoms. The summed E-state index contributed by atoms with van der Waals surface area (Å²) in [6, 6.07) is 21.9. The highest BCUT2D eigenvalue weighted by Crippen LogP contribution is 2.23. The van der Waals surface area contributed by atoms with Gasteiger partial charge in [-0.05, 0) is 19.1 Å². The average molecular weight is 342 g/mol. The molecule has 0 amide bonds. The van der Waals surface area contributed by atoms with E-state index in [0.29, 0.717) is 11.7 Å². The molecule has 0 radical (unpaired) electrons. The van der Waals surface area contributed by atoms with Crippen molar-refractivity contribution in [3.63, 3.8) is 0 Å². The fourth-order valence-corrected chi connectivity index (χ4v) is 2.70. The summed E-state index contributed by atoms with van der Waals surface area (Å²) in [6.07, 6.45) is 3.36.